The van der Waals surface area contributed by atoms with Gasteiger partial charge in [-0.1, -0.05) is 31.2 Å². The first kappa shape index (κ1) is 14.3. The largest absolute Gasteiger partial charge is 0.313 e. The molecule has 1 N–H and O–H groups in total. The molecule has 0 amide bonds. The van der Waals surface area contributed by atoms with Crippen molar-refractivity contribution in [3.05, 3.63) is 58.9 Å². The van der Waals surface area contributed by atoms with E-state index in [9.17, 15) is 4.39 Å². The highest BCUT2D eigenvalue weighted by Crippen LogP contribution is 2.30. The minimum atomic E-state index is -0.132. The molecule has 0 aliphatic heterocycles. The van der Waals surface area contributed by atoms with E-state index in [0.717, 1.165) is 42.6 Å². The Kier molecular flexibility index (Phi) is 4.35. The zero-order valence-electron chi connectivity index (χ0n) is 12.6. The Morgan fingerprint density at radius 3 is 2.76 bits per heavy atom. The monoisotopic (exact) mass is 283 g/mol. The van der Waals surface area contributed by atoms with Gasteiger partial charge in [-0.15, -0.1) is 0 Å². The minimum absolute atomic E-state index is 0.132. The van der Waals surface area contributed by atoms with Crippen LogP contribution < -0.4 is 5.32 Å². The number of fused-ring (bicyclic) bond motifs is 1. The number of hydrogen-bond donors (Lipinski definition) is 1. The summed E-state index contributed by atoms with van der Waals surface area (Å²) in [6.45, 7) is 3.94. The second-order valence-corrected chi connectivity index (χ2v) is 5.83. The molecule has 0 atom stereocenters. The van der Waals surface area contributed by atoms with Gasteiger partial charge in [0.15, 0.2) is 0 Å². The van der Waals surface area contributed by atoms with Crippen molar-refractivity contribution in [1.29, 1.82) is 0 Å². The number of halogens is 1. The average Bonchev–Trinajstić information content (AvgIpc) is 2.96. The maximum Gasteiger partial charge on any atom is 0.131 e. The highest BCUT2D eigenvalue weighted by Gasteiger charge is 2.13. The van der Waals surface area contributed by atoms with Gasteiger partial charge in [0, 0.05) is 12.1 Å². The third-order valence-corrected chi connectivity index (χ3v) is 4.20. The van der Waals surface area contributed by atoms with Gasteiger partial charge >= 0.3 is 0 Å². The Balaban J connectivity index is 1.88. The molecule has 1 aliphatic carbocycles. The lowest BCUT2D eigenvalue weighted by Crippen LogP contribution is -2.13. The van der Waals surface area contributed by atoms with Crippen LogP contribution >= 0.6 is 0 Å². The Morgan fingerprint density at radius 1 is 1.05 bits per heavy atom. The molecule has 3 rings (SSSR count). The maximum atomic E-state index is 14.2. The molecule has 0 saturated carbocycles. The third kappa shape index (κ3) is 3.16. The van der Waals surface area contributed by atoms with Gasteiger partial charge in [0.25, 0.3) is 0 Å². The van der Waals surface area contributed by atoms with Crippen molar-refractivity contribution >= 4 is 0 Å². The van der Waals surface area contributed by atoms with Crippen LogP contribution in [0.4, 0.5) is 4.39 Å². The van der Waals surface area contributed by atoms with Gasteiger partial charge in [-0.05, 0) is 66.6 Å². The van der Waals surface area contributed by atoms with Gasteiger partial charge < -0.3 is 5.32 Å². The zero-order chi connectivity index (χ0) is 14.7. The van der Waals surface area contributed by atoms with E-state index in [4.69, 9.17) is 0 Å². The Bertz CT molecular complexity index is 633. The standard InChI is InChI=1S/C19H22FN/c1-2-10-21-13-14-6-9-19(20)18(11-14)17-8-7-15-4-3-5-16(15)12-17/h6-9,11-12,21H,2-5,10,13H2,1H3. The van der Waals surface area contributed by atoms with Gasteiger partial charge in [-0.25, -0.2) is 4.39 Å². The van der Waals surface area contributed by atoms with E-state index in [1.807, 2.05) is 12.1 Å². The van der Waals surface area contributed by atoms with Crippen LogP contribution in [0.2, 0.25) is 0 Å². The van der Waals surface area contributed by atoms with Crippen LogP contribution in [0.15, 0.2) is 36.4 Å². The Labute approximate surface area is 126 Å². The summed E-state index contributed by atoms with van der Waals surface area (Å²) < 4.78 is 14.2. The molecule has 21 heavy (non-hydrogen) atoms. The summed E-state index contributed by atoms with van der Waals surface area (Å²) in [6, 6.07) is 11.8. The first-order valence-corrected chi connectivity index (χ1v) is 7.89. The van der Waals surface area contributed by atoms with E-state index in [0.29, 0.717) is 0 Å². The SMILES string of the molecule is CCCNCc1ccc(F)c(-c2ccc3c(c2)CCC3)c1. The predicted octanol–water partition coefficient (Wildman–Crippen LogP) is 4.48. The van der Waals surface area contributed by atoms with Crippen LogP contribution in [0.1, 0.15) is 36.5 Å². The summed E-state index contributed by atoms with van der Waals surface area (Å²) in [4.78, 5) is 0. The highest BCUT2D eigenvalue weighted by molar-refractivity contribution is 5.66. The quantitative estimate of drug-likeness (QED) is 0.798. The zero-order valence-corrected chi connectivity index (χ0v) is 12.6. The lowest BCUT2D eigenvalue weighted by atomic mass is 9.98. The van der Waals surface area contributed by atoms with Crippen molar-refractivity contribution < 1.29 is 4.39 Å². The van der Waals surface area contributed by atoms with Crippen LogP contribution in [0.5, 0.6) is 0 Å². The topological polar surface area (TPSA) is 12.0 Å². The van der Waals surface area contributed by atoms with E-state index in [-0.39, 0.29) is 5.82 Å². The van der Waals surface area contributed by atoms with Crippen molar-refractivity contribution in [3.63, 3.8) is 0 Å². The summed E-state index contributed by atoms with van der Waals surface area (Å²) in [5.41, 5.74) is 5.69. The van der Waals surface area contributed by atoms with E-state index in [1.54, 1.807) is 6.07 Å². The van der Waals surface area contributed by atoms with Crippen molar-refractivity contribution in [3.8, 4) is 11.1 Å². The molecular weight excluding hydrogens is 261 g/mol. The molecule has 2 aromatic carbocycles. The Hall–Kier alpha value is -1.67. The van der Waals surface area contributed by atoms with Gasteiger partial charge in [0.1, 0.15) is 5.82 Å². The molecule has 0 spiro atoms. The summed E-state index contributed by atoms with van der Waals surface area (Å²) in [5, 5.41) is 3.37. The first-order valence-electron chi connectivity index (χ1n) is 7.89. The highest BCUT2D eigenvalue weighted by atomic mass is 19.1. The molecule has 2 heteroatoms. The molecular formula is C19H22FN. The summed E-state index contributed by atoms with van der Waals surface area (Å²) in [7, 11) is 0. The number of benzene rings is 2. The van der Waals surface area contributed by atoms with Crippen LogP contribution in [0.3, 0.4) is 0 Å². The van der Waals surface area contributed by atoms with Gasteiger partial charge in [-0.2, -0.15) is 0 Å². The summed E-state index contributed by atoms with van der Waals surface area (Å²) in [5.74, 6) is -0.132. The van der Waals surface area contributed by atoms with E-state index < -0.39 is 0 Å². The molecule has 0 unspecified atom stereocenters. The number of rotatable bonds is 5. The molecule has 0 saturated heterocycles. The fourth-order valence-corrected chi connectivity index (χ4v) is 3.05. The molecule has 110 valence electrons. The predicted molar refractivity (Wildman–Crippen MR) is 85.9 cm³/mol. The summed E-state index contributed by atoms with van der Waals surface area (Å²) >= 11 is 0. The number of hydrogen-bond acceptors (Lipinski definition) is 1. The maximum absolute atomic E-state index is 14.2. The van der Waals surface area contributed by atoms with Crippen LogP contribution in [-0.4, -0.2) is 6.54 Å². The lowest BCUT2D eigenvalue weighted by Gasteiger charge is -2.10. The fourth-order valence-electron chi connectivity index (χ4n) is 3.05. The summed E-state index contributed by atoms with van der Waals surface area (Å²) in [6.07, 6.45) is 4.63. The molecule has 0 radical (unpaired) electrons. The number of aryl methyl sites for hydroxylation is 2. The van der Waals surface area contributed by atoms with Gasteiger partial charge in [0.2, 0.25) is 0 Å². The van der Waals surface area contributed by atoms with Crippen molar-refractivity contribution in [1.82, 2.24) is 5.32 Å². The van der Waals surface area contributed by atoms with Crippen molar-refractivity contribution in [2.75, 3.05) is 6.54 Å². The molecule has 2 aromatic rings. The van der Waals surface area contributed by atoms with Crippen LogP contribution in [-0.2, 0) is 19.4 Å². The Morgan fingerprint density at radius 2 is 1.90 bits per heavy atom. The van der Waals surface area contributed by atoms with E-state index >= 15 is 0 Å². The van der Waals surface area contributed by atoms with Gasteiger partial charge in [0.05, 0.1) is 0 Å². The van der Waals surface area contributed by atoms with Crippen molar-refractivity contribution in [2.45, 2.75) is 39.2 Å². The first-order chi connectivity index (χ1) is 10.3. The van der Waals surface area contributed by atoms with E-state index in [1.165, 1.54) is 24.0 Å². The molecule has 0 heterocycles. The van der Waals surface area contributed by atoms with Crippen molar-refractivity contribution in [2.24, 2.45) is 0 Å². The minimum Gasteiger partial charge on any atom is -0.313 e. The average molecular weight is 283 g/mol. The third-order valence-electron chi connectivity index (χ3n) is 4.20. The smallest absolute Gasteiger partial charge is 0.131 e. The number of nitrogens with one attached hydrogen (secondary N) is 1. The van der Waals surface area contributed by atoms with Crippen LogP contribution in [0, 0.1) is 5.82 Å². The van der Waals surface area contributed by atoms with E-state index in [2.05, 4.69) is 30.4 Å². The van der Waals surface area contributed by atoms with Gasteiger partial charge in [-0.3, -0.25) is 0 Å². The molecule has 0 bridgehead atoms. The molecule has 0 aromatic heterocycles. The molecule has 1 nitrogen and oxygen atoms in total. The normalized spacial score (nSPS) is 13.4. The lowest BCUT2D eigenvalue weighted by molar-refractivity contribution is 0.628. The second-order valence-electron chi connectivity index (χ2n) is 5.83. The molecule has 1 aliphatic rings. The second kappa shape index (κ2) is 6.40. The fraction of sp³-hybridized carbons (Fsp3) is 0.368. The molecule has 0 fully saturated rings. The van der Waals surface area contributed by atoms with Crippen LogP contribution in [0.25, 0.3) is 11.1 Å².